The highest BCUT2D eigenvalue weighted by atomic mass is 16.5. The van der Waals surface area contributed by atoms with E-state index in [4.69, 9.17) is 9.84 Å². The molecule has 0 radical (unpaired) electrons. The summed E-state index contributed by atoms with van der Waals surface area (Å²) in [4.78, 5) is 16.3. The van der Waals surface area contributed by atoms with E-state index in [0.717, 1.165) is 42.8 Å². The van der Waals surface area contributed by atoms with E-state index in [-0.39, 0.29) is 6.42 Å². The first-order valence-electron chi connectivity index (χ1n) is 6.89. The summed E-state index contributed by atoms with van der Waals surface area (Å²) in [6.45, 7) is 3.29. The highest BCUT2D eigenvalue weighted by molar-refractivity contribution is 5.94. The molecule has 2 heterocycles. The monoisotopic (exact) mass is 274 g/mol. The van der Waals surface area contributed by atoms with Crippen LogP contribution in [0.15, 0.2) is 24.4 Å². The van der Waals surface area contributed by atoms with Crippen LogP contribution in [0.4, 0.5) is 5.69 Å². The predicted molar refractivity (Wildman–Crippen MR) is 77.3 cm³/mol. The topological polar surface area (TPSA) is 65.6 Å². The number of aromatic amines is 1. The Bertz CT molecular complexity index is 615. The Kier molecular flexibility index (Phi) is 3.60. The molecule has 1 aliphatic rings. The fourth-order valence-electron chi connectivity index (χ4n) is 2.71. The van der Waals surface area contributed by atoms with Crippen LogP contribution in [-0.2, 0) is 16.0 Å². The number of rotatable bonds is 4. The second-order valence-electron chi connectivity index (χ2n) is 5.01. The number of carboxylic acids is 1. The van der Waals surface area contributed by atoms with Crippen LogP contribution in [0.2, 0.25) is 0 Å². The molecule has 106 valence electrons. The van der Waals surface area contributed by atoms with E-state index in [1.165, 1.54) is 5.69 Å². The third-order valence-corrected chi connectivity index (χ3v) is 3.74. The van der Waals surface area contributed by atoms with Crippen molar-refractivity contribution in [2.45, 2.75) is 12.8 Å². The van der Waals surface area contributed by atoms with Crippen molar-refractivity contribution in [3.63, 3.8) is 0 Å². The number of carboxylic acid groups (broad SMARTS) is 1. The van der Waals surface area contributed by atoms with Crippen molar-refractivity contribution in [2.75, 3.05) is 31.2 Å². The molecule has 1 aromatic carbocycles. The zero-order valence-corrected chi connectivity index (χ0v) is 11.3. The number of aliphatic carboxylic acids is 1. The number of nitrogens with zero attached hydrogens (tertiary/aromatic N) is 1. The van der Waals surface area contributed by atoms with Gasteiger partial charge in [-0.3, -0.25) is 4.79 Å². The van der Waals surface area contributed by atoms with Gasteiger partial charge in [0.2, 0.25) is 0 Å². The number of hydrogen-bond acceptors (Lipinski definition) is 3. The molecule has 0 saturated carbocycles. The van der Waals surface area contributed by atoms with Crippen molar-refractivity contribution < 1.29 is 14.6 Å². The maximum Gasteiger partial charge on any atom is 0.303 e. The molecule has 5 heteroatoms. The van der Waals surface area contributed by atoms with E-state index in [0.29, 0.717) is 6.42 Å². The van der Waals surface area contributed by atoms with Gasteiger partial charge in [0.25, 0.3) is 0 Å². The van der Waals surface area contributed by atoms with Crippen molar-refractivity contribution in [2.24, 2.45) is 0 Å². The van der Waals surface area contributed by atoms with Crippen molar-refractivity contribution >= 4 is 22.6 Å². The fraction of sp³-hybridized carbons (Fsp3) is 0.400. The number of aromatic nitrogens is 1. The maximum atomic E-state index is 10.7. The lowest BCUT2D eigenvalue weighted by Crippen LogP contribution is -2.36. The molecule has 2 aromatic rings. The van der Waals surface area contributed by atoms with E-state index in [1.54, 1.807) is 0 Å². The molecule has 0 spiro atoms. The molecular formula is C15H18N2O3. The summed E-state index contributed by atoms with van der Waals surface area (Å²) in [5, 5.41) is 9.93. The predicted octanol–water partition coefficient (Wildman–Crippen LogP) is 2.02. The lowest BCUT2D eigenvalue weighted by Gasteiger charge is -2.29. The van der Waals surface area contributed by atoms with Gasteiger partial charge in [0, 0.05) is 31.1 Å². The molecule has 5 nitrogen and oxygen atoms in total. The first-order valence-corrected chi connectivity index (χ1v) is 6.89. The number of anilines is 1. The molecule has 20 heavy (non-hydrogen) atoms. The zero-order valence-electron chi connectivity index (χ0n) is 11.3. The van der Waals surface area contributed by atoms with Gasteiger partial charge >= 0.3 is 5.97 Å². The quantitative estimate of drug-likeness (QED) is 0.895. The van der Waals surface area contributed by atoms with Gasteiger partial charge in [0.1, 0.15) is 0 Å². The van der Waals surface area contributed by atoms with Gasteiger partial charge in [-0.1, -0.05) is 12.1 Å². The molecular weight excluding hydrogens is 256 g/mol. The van der Waals surface area contributed by atoms with E-state index in [1.807, 2.05) is 18.3 Å². The third-order valence-electron chi connectivity index (χ3n) is 3.74. The summed E-state index contributed by atoms with van der Waals surface area (Å²) in [5.74, 6) is -0.760. The van der Waals surface area contributed by atoms with Gasteiger partial charge in [-0.2, -0.15) is 0 Å². The Morgan fingerprint density at radius 3 is 2.90 bits per heavy atom. The van der Waals surface area contributed by atoms with Crippen molar-refractivity contribution in [1.29, 1.82) is 0 Å². The zero-order chi connectivity index (χ0) is 13.9. The molecule has 3 rings (SSSR count). The van der Waals surface area contributed by atoms with E-state index >= 15 is 0 Å². The molecule has 1 aliphatic heterocycles. The Hall–Kier alpha value is -2.01. The molecule has 0 bridgehead atoms. The Balaban J connectivity index is 1.92. The number of fused-ring (bicyclic) bond motifs is 1. The number of para-hydroxylation sites is 1. The summed E-state index contributed by atoms with van der Waals surface area (Å²) in [6.07, 6.45) is 2.65. The first-order chi connectivity index (χ1) is 9.75. The van der Waals surface area contributed by atoms with Crippen molar-refractivity contribution in [1.82, 2.24) is 4.98 Å². The number of hydrogen-bond donors (Lipinski definition) is 2. The van der Waals surface area contributed by atoms with Crippen LogP contribution in [-0.4, -0.2) is 42.4 Å². The first kappa shape index (κ1) is 13.0. The minimum Gasteiger partial charge on any atom is -0.481 e. The number of nitrogens with one attached hydrogen (secondary N) is 1. The highest BCUT2D eigenvalue weighted by Crippen LogP contribution is 2.29. The number of H-pyrrole nitrogens is 1. The van der Waals surface area contributed by atoms with Crippen LogP contribution in [0.3, 0.4) is 0 Å². The second-order valence-corrected chi connectivity index (χ2v) is 5.01. The SMILES string of the molecule is O=C(O)CCc1c[nH]c2c(N3CCOCC3)cccc12. The molecule has 1 aromatic heterocycles. The summed E-state index contributed by atoms with van der Waals surface area (Å²) >= 11 is 0. The van der Waals surface area contributed by atoms with Crippen LogP contribution in [0, 0.1) is 0 Å². The molecule has 0 atom stereocenters. The number of carbonyl (C=O) groups is 1. The summed E-state index contributed by atoms with van der Waals surface area (Å²) in [7, 11) is 0. The molecule has 0 amide bonds. The minimum absolute atomic E-state index is 0.161. The lowest BCUT2D eigenvalue weighted by molar-refractivity contribution is -0.136. The minimum atomic E-state index is -0.760. The van der Waals surface area contributed by atoms with Gasteiger partial charge in [-0.25, -0.2) is 0 Å². The van der Waals surface area contributed by atoms with E-state index in [9.17, 15) is 4.79 Å². The Morgan fingerprint density at radius 1 is 1.35 bits per heavy atom. The van der Waals surface area contributed by atoms with Gasteiger partial charge in [0.15, 0.2) is 0 Å². The fourth-order valence-corrected chi connectivity index (χ4v) is 2.71. The van der Waals surface area contributed by atoms with Crippen molar-refractivity contribution in [3.05, 3.63) is 30.0 Å². The average Bonchev–Trinajstić information content (AvgIpc) is 2.89. The van der Waals surface area contributed by atoms with Crippen LogP contribution in [0.5, 0.6) is 0 Å². The summed E-state index contributed by atoms with van der Waals surface area (Å²) < 4.78 is 5.39. The van der Waals surface area contributed by atoms with Crippen LogP contribution in [0.25, 0.3) is 10.9 Å². The van der Waals surface area contributed by atoms with Crippen LogP contribution < -0.4 is 4.90 Å². The number of morpholine rings is 1. The van der Waals surface area contributed by atoms with Crippen LogP contribution >= 0.6 is 0 Å². The van der Waals surface area contributed by atoms with Gasteiger partial charge in [-0.15, -0.1) is 0 Å². The van der Waals surface area contributed by atoms with Gasteiger partial charge in [0.05, 0.1) is 24.4 Å². The largest absolute Gasteiger partial charge is 0.481 e. The Morgan fingerprint density at radius 2 is 2.15 bits per heavy atom. The number of ether oxygens (including phenoxy) is 1. The molecule has 0 aliphatic carbocycles. The smallest absolute Gasteiger partial charge is 0.303 e. The standard InChI is InChI=1S/C15H18N2O3/c18-14(19)5-4-11-10-16-15-12(11)2-1-3-13(15)17-6-8-20-9-7-17/h1-3,10,16H,4-9H2,(H,18,19). The number of aryl methyl sites for hydroxylation is 1. The third kappa shape index (κ3) is 2.49. The van der Waals surface area contributed by atoms with Crippen molar-refractivity contribution in [3.8, 4) is 0 Å². The normalized spacial score (nSPS) is 15.7. The molecule has 0 unspecified atom stereocenters. The highest BCUT2D eigenvalue weighted by Gasteiger charge is 2.15. The summed E-state index contributed by atoms with van der Waals surface area (Å²) in [5.41, 5.74) is 3.33. The van der Waals surface area contributed by atoms with E-state index < -0.39 is 5.97 Å². The molecule has 1 saturated heterocycles. The molecule has 1 fully saturated rings. The molecule has 2 N–H and O–H groups in total. The summed E-state index contributed by atoms with van der Waals surface area (Å²) in [6, 6.07) is 6.18. The van der Waals surface area contributed by atoms with Crippen LogP contribution in [0.1, 0.15) is 12.0 Å². The van der Waals surface area contributed by atoms with Gasteiger partial charge < -0.3 is 19.7 Å². The number of benzene rings is 1. The Labute approximate surface area is 117 Å². The van der Waals surface area contributed by atoms with Gasteiger partial charge in [-0.05, 0) is 18.1 Å². The average molecular weight is 274 g/mol. The second kappa shape index (κ2) is 5.54. The maximum absolute atomic E-state index is 10.7. The van der Waals surface area contributed by atoms with E-state index in [2.05, 4.69) is 16.0 Å². The lowest BCUT2D eigenvalue weighted by atomic mass is 10.1.